The van der Waals surface area contributed by atoms with Crippen molar-refractivity contribution in [1.29, 1.82) is 0 Å². The predicted octanol–water partition coefficient (Wildman–Crippen LogP) is 1.28. The van der Waals surface area contributed by atoms with Crippen molar-refractivity contribution in [2.45, 2.75) is 46.7 Å². The van der Waals surface area contributed by atoms with Crippen molar-refractivity contribution >= 4 is 11.9 Å². The van der Waals surface area contributed by atoms with Crippen LogP contribution in [0.5, 0.6) is 0 Å². The van der Waals surface area contributed by atoms with Gasteiger partial charge in [-0.25, -0.2) is 0 Å². The zero-order valence-electron chi connectivity index (χ0n) is 12.6. The van der Waals surface area contributed by atoms with Gasteiger partial charge in [-0.15, -0.1) is 0 Å². The van der Waals surface area contributed by atoms with E-state index in [4.69, 9.17) is 5.11 Å². The largest absolute Gasteiger partial charge is 0.481 e. The van der Waals surface area contributed by atoms with Gasteiger partial charge in [0.15, 0.2) is 0 Å². The Morgan fingerprint density at radius 2 is 1.74 bits per heavy atom. The highest BCUT2D eigenvalue weighted by molar-refractivity contribution is 5.79. The third-order valence-corrected chi connectivity index (χ3v) is 3.76. The Balaban J connectivity index is 2.61. The maximum Gasteiger partial charge on any atom is 0.308 e. The standard InChI is InChI=1S/C14H26N2O3/c1-9(2)16(10(3)4)13(17)8-15-6-11(5)12(7-15)14(18)19/h9-12H,6-8H2,1-5H3,(H,18,19). The summed E-state index contributed by atoms with van der Waals surface area (Å²) in [5, 5.41) is 9.10. The van der Waals surface area contributed by atoms with Crippen LogP contribution in [0.15, 0.2) is 0 Å². The van der Waals surface area contributed by atoms with Crippen molar-refractivity contribution in [2.75, 3.05) is 19.6 Å². The lowest BCUT2D eigenvalue weighted by atomic mass is 9.99. The lowest BCUT2D eigenvalue weighted by Gasteiger charge is -2.32. The van der Waals surface area contributed by atoms with Crippen LogP contribution in [0.25, 0.3) is 0 Å². The summed E-state index contributed by atoms with van der Waals surface area (Å²) >= 11 is 0. The summed E-state index contributed by atoms with van der Waals surface area (Å²) in [6, 6.07) is 0.339. The molecule has 1 aliphatic rings. The van der Waals surface area contributed by atoms with E-state index in [0.29, 0.717) is 19.6 Å². The minimum Gasteiger partial charge on any atom is -0.481 e. The van der Waals surface area contributed by atoms with Gasteiger partial charge in [-0.1, -0.05) is 6.92 Å². The fraction of sp³-hybridized carbons (Fsp3) is 0.857. The lowest BCUT2D eigenvalue weighted by Crippen LogP contribution is -2.46. The topological polar surface area (TPSA) is 60.9 Å². The van der Waals surface area contributed by atoms with E-state index in [2.05, 4.69) is 0 Å². The van der Waals surface area contributed by atoms with Crippen LogP contribution in [0.3, 0.4) is 0 Å². The minimum atomic E-state index is -0.757. The molecule has 1 heterocycles. The summed E-state index contributed by atoms with van der Waals surface area (Å²) in [6.07, 6.45) is 0. The highest BCUT2D eigenvalue weighted by Crippen LogP contribution is 2.23. The van der Waals surface area contributed by atoms with Gasteiger partial charge in [-0.2, -0.15) is 0 Å². The molecule has 0 aromatic rings. The molecule has 1 fully saturated rings. The van der Waals surface area contributed by atoms with Crippen LogP contribution in [-0.4, -0.2) is 58.5 Å². The van der Waals surface area contributed by atoms with Gasteiger partial charge in [0.2, 0.25) is 5.91 Å². The number of carbonyl (C=O) groups excluding carboxylic acids is 1. The van der Waals surface area contributed by atoms with Crippen LogP contribution in [0, 0.1) is 11.8 Å². The number of aliphatic carboxylic acids is 1. The van der Waals surface area contributed by atoms with Crippen molar-refractivity contribution < 1.29 is 14.7 Å². The van der Waals surface area contributed by atoms with Crippen molar-refractivity contribution in [1.82, 2.24) is 9.80 Å². The molecule has 1 amide bonds. The SMILES string of the molecule is CC1CN(CC(=O)N(C(C)C)C(C)C)CC1C(=O)O. The van der Waals surface area contributed by atoms with Crippen LogP contribution in [0.1, 0.15) is 34.6 Å². The molecule has 1 N–H and O–H groups in total. The molecule has 0 aliphatic carbocycles. The van der Waals surface area contributed by atoms with E-state index in [1.165, 1.54) is 0 Å². The smallest absolute Gasteiger partial charge is 0.308 e. The fourth-order valence-corrected chi connectivity index (χ4v) is 2.96. The molecule has 0 spiro atoms. The Bertz CT molecular complexity index is 334. The van der Waals surface area contributed by atoms with Crippen LogP contribution < -0.4 is 0 Å². The van der Waals surface area contributed by atoms with E-state index in [-0.39, 0.29) is 29.8 Å². The van der Waals surface area contributed by atoms with Gasteiger partial charge < -0.3 is 10.0 Å². The molecule has 0 aromatic heterocycles. The monoisotopic (exact) mass is 270 g/mol. The molecule has 0 aromatic carbocycles. The molecular weight excluding hydrogens is 244 g/mol. The van der Waals surface area contributed by atoms with Gasteiger partial charge in [0, 0.05) is 25.2 Å². The molecule has 19 heavy (non-hydrogen) atoms. The molecule has 2 atom stereocenters. The molecule has 2 unspecified atom stereocenters. The van der Waals surface area contributed by atoms with E-state index in [1.54, 1.807) is 0 Å². The number of carbonyl (C=O) groups is 2. The second kappa shape index (κ2) is 6.37. The summed E-state index contributed by atoms with van der Waals surface area (Å²) in [5.41, 5.74) is 0. The third kappa shape index (κ3) is 3.93. The maximum atomic E-state index is 12.3. The van der Waals surface area contributed by atoms with Gasteiger partial charge >= 0.3 is 5.97 Å². The first-order valence-corrected chi connectivity index (χ1v) is 7.00. The summed E-state index contributed by atoms with van der Waals surface area (Å²) in [4.78, 5) is 27.2. The average molecular weight is 270 g/mol. The minimum absolute atomic E-state index is 0.0863. The first-order valence-electron chi connectivity index (χ1n) is 7.00. The summed E-state index contributed by atoms with van der Waals surface area (Å²) in [5.74, 6) is -0.911. The zero-order chi connectivity index (χ0) is 14.7. The van der Waals surface area contributed by atoms with Crippen LogP contribution >= 0.6 is 0 Å². The Hall–Kier alpha value is -1.10. The number of nitrogens with zero attached hydrogens (tertiary/aromatic N) is 2. The Kier molecular flexibility index (Phi) is 5.35. The molecule has 110 valence electrons. The molecule has 5 nitrogen and oxygen atoms in total. The summed E-state index contributed by atoms with van der Waals surface area (Å²) in [7, 11) is 0. The Morgan fingerprint density at radius 3 is 2.11 bits per heavy atom. The van der Waals surface area contributed by atoms with Crippen molar-refractivity contribution in [3.05, 3.63) is 0 Å². The summed E-state index contributed by atoms with van der Waals surface area (Å²) in [6.45, 7) is 11.4. The molecule has 0 bridgehead atoms. The number of amides is 1. The number of likely N-dealkylation sites (tertiary alicyclic amines) is 1. The van der Waals surface area contributed by atoms with E-state index in [1.807, 2.05) is 44.4 Å². The third-order valence-electron chi connectivity index (χ3n) is 3.76. The average Bonchev–Trinajstić information content (AvgIpc) is 2.57. The van der Waals surface area contributed by atoms with Gasteiger partial charge in [-0.05, 0) is 33.6 Å². The first-order chi connectivity index (χ1) is 8.73. The highest BCUT2D eigenvalue weighted by atomic mass is 16.4. The first kappa shape index (κ1) is 16.0. The van der Waals surface area contributed by atoms with E-state index in [0.717, 1.165) is 0 Å². The van der Waals surface area contributed by atoms with Gasteiger partial charge in [0.25, 0.3) is 0 Å². The van der Waals surface area contributed by atoms with Crippen LogP contribution in [0.4, 0.5) is 0 Å². The van der Waals surface area contributed by atoms with Crippen molar-refractivity contribution in [3.63, 3.8) is 0 Å². The number of rotatable bonds is 5. The van der Waals surface area contributed by atoms with Gasteiger partial charge in [0.1, 0.15) is 0 Å². The zero-order valence-corrected chi connectivity index (χ0v) is 12.6. The second-order valence-electron chi connectivity index (χ2n) is 6.10. The quantitative estimate of drug-likeness (QED) is 0.817. The molecule has 5 heteroatoms. The van der Waals surface area contributed by atoms with Gasteiger partial charge in [0.05, 0.1) is 12.5 Å². The molecule has 0 saturated carbocycles. The van der Waals surface area contributed by atoms with Crippen LogP contribution in [0.2, 0.25) is 0 Å². The number of carboxylic acids is 1. The van der Waals surface area contributed by atoms with E-state index < -0.39 is 5.97 Å². The molecule has 0 radical (unpaired) electrons. The van der Waals surface area contributed by atoms with Crippen molar-refractivity contribution in [2.24, 2.45) is 11.8 Å². The molecule has 1 aliphatic heterocycles. The highest BCUT2D eigenvalue weighted by Gasteiger charge is 2.36. The van der Waals surface area contributed by atoms with Gasteiger partial charge in [-0.3, -0.25) is 14.5 Å². The lowest BCUT2D eigenvalue weighted by molar-refractivity contribution is -0.143. The molecular formula is C14H26N2O3. The predicted molar refractivity (Wildman–Crippen MR) is 73.8 cm³/mol. The second-order valence-corrected chi connectivity index (χ2v) is 6.10. The molecule has 1 saturated heterocycles. The number of hydrogen-bond acceptors (Lipinski definition) is 3. The maximum absolute atomic E-state index is 12.3. The Morgan fingerprint density at radius 1 is 1.21 bits per heavy atom. The van der Waals surface area contributed by atoms with E-state index >= 15 is 0 Å². The Labute approximate surface area is 115 Å². The molecule has 1 rings (SSSR count). The van der Waals surface area contributed by atoms with Crippen molar-refractivity contribution in [3.8, 4) is 0 Å². The normalized spacial score (nSPS) is 24.2. The van der Waals surface area contributed by atoms with E-state index in [9.17, 15) is 9.59 Å². The number of carboxylic acid groups (broad SMARTS) is 1. The fourth-order valence-electron chi connectivity index (χ4n) is 2.96. The van der Waals surface area contributed by atoms with Crippen LogP contribution in [-0.2, 0) is 9.59 Å². The number of hydrogen-bond donors (Lipinski definition) is 1. The summed E-state index contributed by atoms with van der Waals surface area (Å²) < 4.78 is 0.